The van der Waals surface area contributed by atoms with Crippen molar-refractivity contribution in [3.05, 3.63) is 0 Å². The van der Waals surface area contributed by atoms with E-state index in [-0.39, 0.29) is 12.5 Å². The Hall–Kier alpha value is -1.71. The van der Waals surface area contributed by atoms with Crippen molar-refractivity contribution in [2.45, 2.75) is 26.0 Å². The Morgan fingerprint density at radius 2 is 1.74 bits per heavy atom. The van der Waals surface area contributed by atoms with Crippen LogP contribution in [0.1, 0.15) is 13.8 Å². The number of aliphatic hydroxyl groups is 1. The number of carbonyl (C=O) groups excluding carboxylic acids is 3. The normalized spacial score (nSPS) is 12.6. The predicted octanol–water partition coefficient (Wildman–Crippen LogP) is -3.20. The molecule has 0 fully saturated rings. The molecule has 9 heteroatoms. The minimum atomic E-state index is -1.10. The van der Waals surface area contributed by atoms with Crippen molar-refractivity contribution in [1.29, 1.82) is 0 Å². The van der Waals surface area contributed by atoms with Crippen LogP contribution >= 0.6 is 0 Å². The third kappa shape index (κ3) is 12.5. The second-order valence-corrected chi connectivity index (χ2v) is 3.53. The van der Waals surface area contributed by atoms with Crippen LogP contribution in [-0.4, -0.2) is 54.7 Å². The fourth-order valence-electron chi connectivity index (χ4n) is 0.819. The molecule has 9 nitrogen and oxygen atoms in total. The predicted molar refractivity (Wildman–Crippen MR) is 67.5 cm³/mol. The quantitative estimate of drug-likeness (QED) is 0.251. The van der Waals surface area contributed by atoms with E-state index < -0.39 is 24.0 Å². The lowest BCUT2D eigenvalue weighted by Crippen LogP contribution is -2.46. The minimum absolute atomic E-state index is 0.172. The Labute approximate surface area is 111 Å². The molecule has 0 aliphatic rings. The fourth-order valence-corrected chi connectivity index (χ4v) is 0.819. The Morgan fingerprint density at radius 3 is 2.00 bits per heavy atom. The summed E-state index contributed by atoms with van der Waals surface area (Å²) in [6.07, 6.45) is -0.497. The molecule has 0 bridgehead atoms. The molecule has 112 valence electrons. The highest BCUT2D eigenvalue weighted by atomic mass is 16.5. The van der Waals surface area contributed by atoms with E-state index in [4.69, 9.17) is 15.6 Å². The second-order valence-electron chi connectivity index (χ2n) is 3.53. The van der Waals surface area contributed by atoms with Crippen LogP contribution in [0, 0.1) is 0 Å². The molecule has 0 saturated carbocycles. The van der Waals surface area contributed by atoms with Crippen LogP contribution in [0.5, 0.6) is 0 Å². The Balaban J connectivity index is 0. The zero-order chi connectivity index (χ0) is 15.4. The van der Waals surface area contributed by atoms with Gasteiger partial charge in [-0.1, -0.05) is 0 Å². The van der Waals surface area contributed by atoms with Gasteiger partial charge in [-0.15, -0.1) is 0 Å². The van der Waals surface area contributed by atoms with Crippen molar-refractivity contribution in [1.82, 2.24) is 5.32 Å². The van der Waals surface area contributed by atoms with E-state index in [1.54, 1.807) is 13.8 Å². The molecular formula is C10H22N4O5. The number of nitrogens with one attached hydrogen (secondary N) is 1. The first-order valence-corrected chi connectivity index (χ1v) is 5.63. The SMILES string of the molecule is CCOC(=O)C(CN)NCC(C)O.NC(=O)C(N)=O. The lowest BCUT2D eigenvalue weighted by Gasteiger charge is -2.15. The summed E-state index contributed by atoms with van der Waals surface area (Å²) in [7, 11) is 0. The molecule has 0 saturated heterocycles. The molecule has 2 unspecified atom stereocenters. The highest BCUT2D eigenvalue weighted by molar-refractivity contribution is 6.33. The second kappa shape index (κ2) is 11.4. The molecular weight excluding hydrogens is 256 g/mol. The van der Waals surface area contributed by atoms with Gasteiger partial charge in [-0.25, -0.2) is 0 Å². The van der Waals surface area contributed by atoms with Crippen molar-refractivity contribution < 1.29 is 24.2 Å². The minimum Gasteiger partial charge on any atom is -0.465 e. The number of hydrogen-bond donors (Lipinski definition) is 5. The molecule has 0 aromatic rings. The number of ether oxygens (including phenoxy) is 1. The van der Waals surface area contributed by atoms with Gasteiger partial charge in [-0.05, 0) is 13.8 Å². The number of amides is 2. The lowest BCUT2D eigenvalue weighted by atomic mass is 10.3. The highest BCUT2D eigenvalue weighted by Gasteiger charge is 2.17. The first-order chi connectivity index (χ1) is 8.76. The summed E-state index contributed by atoms with van der Waals surface area (Å²) >= 11 is 0. The van der Waals surface area contributed by atoms with Crippen LogP contribution in [0.4, 0.5) is 0 Å². The first kappa shape index (κ1) is 19.6. The summed E-state index contributed by atoms with van der Waals surface area (Å²) in [5.74, 6) is -2.57. The van der Waals surface area contributed by atoms with Gasteiger partial charge in [0, 0.05) is 13.1 Å². The van der Waals surface area contributed by atoms with Gasteiger partial charge in [0.25, 0.3) is 0 Å². The maximum absolute atomic E-state index is 11.1. The largest absolute Gasteiger partial charge is 0.465 e. The van der Waals surface area contributed by atoms with Crippen molar-refractivity contribution in [2.24, 2.45) is 17.2 Å². The van der Waals surface area contributed by atoms with Crippen molar-refractivity contribution in [3.8, 4) is 0 Å². The van der Waals surface area contributed by atoms with Crippen LogP contribution in [0.2, 0.25) is 0 Å². The average molecular weight is 278 g/mol. The highest BCUT2D eigenvalue weighted by Crippen LogP contribution is 1.88. The summed E-state index contributed by atoms with van der Waals surface area (Å²) in [4.78, 5) is 30.0. The van der Waals surface area contributed by atoms with Gasteiger partial charge in [-0.3, -0.25) is 14.4 Å². The summed E-state index contributed by atoms with van der Waals surface area (Å²) in [5.41, 5.74) is 14.0. The van der Waals surface area contributed by atoms with E-state index in [1.807, 2.05) is 0 Å². The van der Waals surface area contributed by atoms with Gasteiger partial charge < -0.3 is 32.4 Å². The van der Waals surface area contributed by atoms with Gasteiger partial charge in [0.2, 0.25) is 0 Å². The zero-order valence-electron chi connectivity index (χ0n) is 11.1. The molecule has 8 N–H and O–H groups in total. The van der Waals surface area contributed by atoms with Crippen LogP contribution in [0.25, 0.3) is 0 Å². The van der Waals surface area contributed by atoms with Gasteiger partial charge >= 0.3 is 17.8 Å². The average Bonchev–Trinajstić information content (AvgIpc) is 2.30. The number of hydrogen-bond acceptors (Lipinski definition) is 7. The first-order valence-electron chi connectivity index (χ1n) is 5.63. The van der Waals surface area contributed by atoms with Gasteiger partial charge in [0.05, 0.1) is 12.7 Å². The molecule has 0 aliphatic heterocycles. The standard InChI is InChI=1S/C8H18N2O3.C2H4N2O2/c1-3-13-8(12)7(4-9)10-5-6(2)11;3-1(5)2(4)6/h6-7,10-11H,3-5,9H2,1-2H3;(H2,3,5)(H2,4,6). The maximum atomic E-state index is 11.1. The van der Waals surface area contributed by atoms with E-state index in [0.29, 0.717) is 13.2 Å². The Bertz CT molecular complexity index is 284. The number of rotatable bonds is 6. The lowest BCUT2D eigenvalue weighted by molar-refractivity contribution is -0.145. The summed E-state index contributed by atoms with van der Waals surface area (Å²) in [6.45, 7) is 4.21. The smallest absolute Gasteiger partial charge is 0.324 e. The molecule has 2 atom stereocenters. The van der Waals surface area contributed by atoms with Gasteiger partial charge in [0.1, 0.15) is 6.04 Å². The third-order valence-corrected chi connectivity index (χ3v) is 1.71. The Kier molecular flexibility index (Phi) is 11.8. The topological polar surface area (TPSA) is 171 Å². The van der Waals surface area contributed by atoms with Crippen LogP contribution in [-0.2, 0) is 19.1 Å². The van der Waals surface area contributed by atoms with Crippen molar-refractivity contribution >= 4 is 17.8 Å². The molecule has 0 aliphatic carbocycles. The monoisotopic (exact) mass is 278 g/mol. The Morgan fingerprint density at radius 1 is 1.26 bits per heavy atom. The number of primary amides is 2. The van der Waals surface area contributed by atoms with E-state index in [2.05, 4.69) is 16.8 Å². The van der Waals surface area contributed by atoms with Gasteiger partial charge in [0.15, 0.2) is 0 Å². The molecule has 19 heavy (non-hydrogen) atoms. The number of carbonyl (C=O) groups is 3. The summed E-state index contributed by atoms with van der Waals surface area (Å²) < 4.78 is 4.76. The van der Waals surface area contributed by atoms with E-state index in [9.17, 15) is 14.4 Å². The molecule has 0 spiro atoms. The van der Waals surface area contributed by atoms with Crippen molar-refractivity contribution in [2.75, 3.05) is 19.7 Å². The zero-order valence-corrected chi connectivity index (χ0v) is 11.1. The summed E-state index contributed by atoms with van der Waals surface area (Å²) in [6, 6.07) is -0.519. The summed E-state index contributed by atoms with van der Waals surface area (Å²) in [5, 5.41) is 11.8. The van der Waals surface area contributed by atoms with E-state index in [0.717, 1.165) is 0 Å². The molecule has 0 radical (unpaired) electrons. The van der Waals surface area contributed by atoms with Crippen molar-refractivity contribution in [3.63, 3.8) is 0 Å². The molecule has 0 heterocycles. The maximum Gasteiger partial charge on any atom is 0.324 e. The van der Waals surface area contributed by atoms with Crippen LogP contribution < -0.4 is 22.5 Å². The molecule has 0 aromatic heterocycles. The number of esters is 1. The van der Waals surface area contributed by atoms with Crippen LogP contribution in [0.3, 0.4) is 0 Å². The van der Waals surface area contributed by atoms with Gasteiger partial charge in [-0.2, -0.15) is 0 Å². The number of aliphatic hydroxyl groups excluding tert-OH is 1. The molecule has 2 amide bonds. The number of nitrogens with two attached hydrogens (primary N) is 3. The third-order valence-electron chi connectivity index (χ3n) is 1.71. The molecule has 0 rings (SSSR count). The fraction of sp³-hybridized carbons (Fsp3) is 0.700. The van der Waals surface area contributed by atoms with E-state index in [1.165, 1.54) is 0 Å². The van der Waals surface area contributed by atoms with Crippen LogP contribution in [0.15, 0.2) is 0 Å². The molecule has 0 aromatic carbocycles. The van der Waals surface area contributed by atoms with E-state index >= 15 is 0 Å².